The molecule has 0 saturated heterocycles. The number of H-pyrrole nitrogens is 1. The zero-order valence-electron chi connectivity index (χ0n) is 9.73. The van der Waals surface area contributed by atoms with E-state index in [1.807, 2.05) is 0 Å². The van der Waals surface area contributed by atoms with Crippen molar-refractivity contribution in [2.75, 3.05) is 13.7 Å². The van der Waals surface area contributed by atoms with Gasteiger partial charge in [0.25, 0.3) is 5.56 Å². The van der Waals surface area contributed by atoms with Crippen molar-refractivity contribution in [3.05, 3.63) is 33.1 Å². The average Bonchev–Trinajstić information content (AvgIpc) is 2.24. The van der Waals surface area contributed by atoms with E-state index in [1.54, 1.807) is 6.92 Å². The Hall–Kier alpha value is -1.89. The second kappa shape index (κ2) is 6.00. The topological polar surface area (TPSA) is 93.2 Å². The molecule has 0 aliphatic rings. The van der Waals surface area contributed by atoms with Crippen LogP contribution in [0.5, 0.6) is 0 Å². The molecule has 0 bridgehead atoms. The second-order valence-corrected chi connectivity index (χ2v) is 3.63. The molecule has 7 nitrogen and oxygen atoms in total. The van der Waals surface area contributed by atoms with Crippen LogP contribution in [0.2, 0.25) is 0 Å². The molecule has 0 saturated carbocycles. The molecule has 1 rings (SSSR count). The van der Waals surface area contributed by atoms with E-state index >= 15 is 0 Å². The van der Waals surface area contributed by atoms with Gasteiger partial charge in [0.2, 0.25) is 5.91 Å². The molecular formula is C10H15N3O4. The van der Waals surface area contributed by atoms with Gasteiger partial charge in [-0.1, -0.05) is 0 Å². The number of hydrogen-bond donors (Lipinski definition) is 2. The standard InChI is InChI=1S/C10H15N3O4/c1-7(6-17-2)12-8(14)5-13-9(15)3-4-11-10(13)16/h3-4,7H,5-6H2,1-2H3,(H,11,16)(H,12,14). The lowest BCUT2D eigenvalue weighted by atomic mass is 10.3. The van der Waals surface area contributed by atoms with Crippen molar-refractivity contribution in [3.63, 3.8) is 0 Å². The molecule has 7 heteroatoms. The van der Waals surface area contributed by atoms with Gasteiger partial charge in [-0.15, -0.1) is 0 Å². The Labute approximate surface area is 97.4 Å². The monoisotopic (exact) mass is 241 g/mol. The van der Waals surface area contributed by atoms with E-state index in [-0.39, 0.29) is 12.6 Å². The van der Waals surface area contributed by atoms with Gasteiger partial charge in [0.1, 0.15) is 6.54 Å². The first kappa shape index (κ1) is 13.2. The number of ether oxygens (including phenoxy) is 1. The Balaban J connectivity index is 2.69. The molecular weight excluding hydrogens is 226 g/mol. The summed E-state index contributed by atoms with van der Waals surface area (Å²) in [6.45, 7) is 1.83. The highest BCUT2D eigenvalue weighted by molar-refractivity contribution is 5.75. The summed E-state index contributed by atoms with van der Waals surface area (Å²) in [6, 6.07) is 1.01. The zero-order chi connectivity index (χ0) is 12.8. The number of nitrogens with one attached hydrogen (secondary N) is 2. The summed E-state index contributed by atoms with van der Waals surface area (Å²) in [7, 11) is 1.52. The summed E-state index contributed by atoms with van der Waals surface area (Å²) in [5.74, 6) is -0.409. The Kier molecular flexibility index (Phi) is 4.65. The van der Waals surface area contributed by atoms with Crippen molar-refractivity contribution >= 4 is 5.91 Å². The van der Waals surface area contributed by atoms with Crippen LogP contribution in [-0.4, -0.2) is 35.2 Å². The molecule has 1 atom stereocenters. The van der Waals surface area contributed by atoms with E-state index in [1.165, 1.54) is 19.4 Å². The summed E-state index contributed by atoms with van der Waals surface area (Å²) < 4.78 is 5.68. The van der Waals surface area contributed by atoms with Crippen LogP contribution in [0.4, 0.5) is 0 Å². The van der Waals surface area contributed by atoms with E-state index in [0.717, 1.165) is 4.57 Å². The van der Waals surface area contributed by atoms with Crippen molar-refractivity contribution in [1.29, 1.82) is 0 Å². The van der Waals surface area contributed by atoms with Crippen LogP contribution in [0.1, 0.15) is 6.92 Å². The van der Waals surface area contributed by atoms with Crippen molar-refractivity contribution in [3.8, 4) is 0 Å². The van der Waals surface area contributed by atoms with Gasteiger partial charge in [-0.3, -0.25) is 14.2 Å². The summed E-state index contributed by atoms with van der Waals surface area (Å²) >= 11 is 0. The largest absolute Gasteiger partial charge is 0.383 e. The Morgan fingerprint density at radius 1 is 1.59 bits per heavy atom. The number of carbonyl (C=O) groups is 1. The lowest BCUT2D eigenvalue weighted by molar-refractivity contribution is -0.122. The third-order valence-electron chi connectivity index (χ3n) is 2.07. The molecule has 2 N–H and O–H groups in total. The van der Waals surface area contributed by atoms with Crippen LogP contribution in [0, 0.1) is 0 Å². The van der Waals surface area contributed by atoms with Crippen molar-refractivity contribution in [2.45, 2.75) is 19.5 Å². The van der Waals surface area contributed by atoms with E-state index in [2.05, 4.69) is 10.3 Å². The Bertz CT molecular complexity index is 463. The lowest BCUT2D eigenvalue weighted by Gasteiger charge is -2.12. The number of rotatable bonds is 5. The Morgan fingerprint density at radius 3 is 2.88 bits per heavy atom. The van der Waals surface area contributed by atoms with Crippen molar-refractivity contribution in [2.24, 2.45) is 0 Å². The third kappa shape index (κ3) is 3.87. The quantitative estimate of drug-likeness (QED) is 0.669. The molecule has 0 spiro atoms. The highest BCUT2D eigenvalue weighted by Crippen LogP contribution is 1.83. The molecule has 1 aromatic rings. The second-order valence-electron chi connectivity index (χ2n) is 3.63. The number of nitrogens with zero attached hydrogens (tertiary/aromatic N) is 1. The highest BCUT2D eigenvalue weighted by Gasteiger charge is 2.10. The van der Waals surface area contributed by atoms with E-state index in [0.29, 0.717) is 6.61 Å². The molecule has 0 radical (unpaired) electrons. The van der Waals surface area contributed by atoms with Gasteiger partial charge in [0.15, 0.2) is 0 Å². The minimum absolute atomic E-state index is 0.175. The van der Waals surface area contributed by atoms with Gasteiger partial charge < -0.3 is 15.0 Å². The molecule has 0 fully saturated rings. The molecule has 1 unspecified atom stereocenters. The lowest BCUT2D eigenvalue weighted by Crippen LogP contribution is -2.43. The van der Waals surface area contributed by atoms with E-state index in [4.69, 9.17) is 4.74 Å². The van der Waals surface area contributed by atoms with Crippen LogP contribution in [0.3, 0.4) is 0 Å². The van der Waals surface area contributed by atoms with Crippen LogP contribution >= 0.6 is 0 Å². The predicted molar refractivity (Wildman–Crippen MR) is 60.8 cm³/mol. The SMILES string of the molecule is COCC(C)NC(=O)Cn1c(=O)cc[nH]c1=O. The van der Waals surface area contributed by atoms with Crippen molar-refractivity contribution in [1.82, 2.24) is 14.9 Å². The smallest absolute Gasteiger partial charge is 0.328 e. The number of amides is 1. The Morgan fingerprint density at radius 2 is 2.29 bits per heavy atom. The van der Waals surface area contributed by atoms with Gasteiger partial charge in [0.05, 0.1) is 6.61 Å². The normalized spacial score (nSPS) is 12.1. The van der Waals surface area contributed by atoms with E-state index in [9.17, 15) is 14.4 Å². The maximum absolute atomic E-state index is 11.5. The van der Waals surface area contributed by atoms with Gasteiger partial charge in [-0.2, -0.15) is 0 Å². The maximum Gasteiger partial charge on any atom is 0.328 e. The number of hydrogen-bond acceptors (Lipinski definition) is 4. The van der Waals surface area contributed by atoms with E-state index < -0.39 is 17.2 Å². The average molecular weight is 241 g/mol. The minimum atomic E-state index is -0.605. The fraction of sp³-hybridized carbons (Fsp3) is 0.500. The van der Waals surface area contributed by atoms with Gasteiger partial charge in [-0.25, -0.2) is 4.79 Å². The van der Waals surface area contributed by atoms with Crippen LogP contribution < -0.4 is 16.6 Å². The summed E-state index contributed by atoms with van der Waals surface area (Å²) in [5.41, 5.74) is -1.12. The first-order valence-corrected chi connectivity index (χ1v) is 5.11. The van der Waals surface area contributed by atoms with Crippen LogP contribution in [0.25, 0.3) is 0 Å². The van der Waals surface area contributed by atoms with Gasteiger partial charge >= 0.3 is 5.69 Å². The van der Waals surface area contributed by atoms with Crippen LogP contribution in [0.15, 0.2) is 21.9 Å². The molecule has 1 amide bonds. The molecule has 0 aliphatic heterocycles. The van der Waals surface area contributed by atoms with Gasteiger partial charge in [0, 0.05) is 25.4 Å². The first-order chi connectivity index (χ1) is 8.04. The number of aromatic amines is 1. The summed E-state index contributed by atoms with van der Waals surface area (Å²) in [6.07, 6.45) is 1.24. The molecule has 0 aliphatic carbocycles. The molecule has 17 heavy (non-hydrogen) atoms. The third-order valence-corrected chi connectivity index (χ3v) is 2.07. The summed E-state index contributed by atoms with van der Waals surface area (Å²) in [4.78, 5) is 36.5. The first-order valence-electron chi connectivity index (χ1n) is 5.11. The minimum Gasteiger partial charge on any atom is -0.383 e. The maximum atomic E-state index is 11.5. The molecule has 1 aromatic heterocycles. The molecule has 94 valence electrons. The van der Waals surface area contributed by atoms with Crippen molar-refractivity contribution < 1.29 is 9.53 Å². The number of methoxy groups -OCH3 is 1. The summed E-state index contributed by atoms with van der Waals surface area (Å²) in [5, 5.41) is 2.61. The molecule has 0 aromatic carbocycles. The number of aromatic nitrogens is 2. The zero-order valence-corrected chi connectivity index (χ0v) is 9.73. The van der Waals surface area contributed by atoms with Crippen LogP contribution in [-0.2, 0) is 16.1 Å². The predicted octanol–water partition coefficient (Wildman–Crippen LogP) is -1.31. The number of carbonyl (C=O) groups excluding carboxylic acids is 1. The van der Waals surface area contributed by atoms with Gasteiger partial charge in [-0.05, 0) is 6.92 Å². The highest BCUT2D eigenvalue weighted by atomic mass is 16.5. The fourth-order valence-corrected chi connectivity index (χ4v) is 1.36. The molecule has 1 heterocycles. The fourth-order valence-electron chi connectivity index (χ4n) is 1.36.